The van der Waals surface area contributed by atoms with Crippen LogP contribution in [0.15, 0.2) is 24.3 Å². The number of anilines is 1. The zero-order valence-electron chi connectivity index (χ0n) is 12.1. The van der Waals surface area contributed by atoms with Crippen molar-refractivity contribution in [3.8, 4) is 5.75 Å². The van der Waals surface area contributed by atoms with Crippen molar-refractivity contribution in [1.82, 2.24) is 5.32 Å². The van der Waals surface area contributed by atoms with Crippen molar-refractivity contribution in [1.29, 1.82) is 0 Å². The number of methoxy groups -OCH3 is 1. The molecule has 0 aliphatic rings. The topological polar surface area (TPSA) is 70.6 Å². The molecule has 5 nitrogen and oxygen atoms in total. The third-order valence-corrected chi connectivity index (χ3v) is 3.41. The van der Waals surface area contributed by atoms with E-state index in [1.165, 1.54) is 0 Å². The quantitative estimate of drug-likeness (QED) is 0.722. The molecule has 0 aromatic heterocycles. The number of ether oxygens (including phenoxy) is 1. The first-order valence-corrected chi connectivity index (χ1v) is 7.76. The summed E-state index contributed by atoms with van der Waals surface area (Å²) in [6.07, 6.45) is 2.62. The van der Waals surface area contributed by atoms with Crippen molar-refractivity contribution in [2.24, 2.45) is 0 Å². The standard InChI is InChI=1S/C14H22N2O3S/c1-14(18,7-8-20-3)10-15-13(17)16-11-5-4-6-12(9-11)19-2/h4-6,9,18H,7-8,10H2,1-3H3,(H2,15,16,17)/t14-/m0/s1. The van der Waals surface area contributed by atoms with E-state index in [2.05, 4.69) is 10.6 Å². The molecule has 0 fully saturated rings. The first kappa shape index (κ1) is 16.7. The summed E-state index contributed by atoms with van der Waals surface area (Å²) in [6.45, 7) is 1.93. The Bertz CT molecular complexity index is 438. The van der Waals surface area contributed by atoms with Crippen LogP contribution in [0.25, 0.3) is 0 Å². The van der Waals surface area contributed by atoms with Gasteiger partial charge in [-0.2, -0.15) is 11.8 Å². The van der Waals surface area contributed by atoms with E-state index in [9.17, 15) is 9.90 Å². The summed E-state index contributed by atoms with van der Waals surface area (Å²) in [4.78, 5) is 11.8. The van der Waals surface area contributed by atoms with Crippen LogP contribution in [-0.2, 0) is 0 Å². The third-order valence-electron chi connectivity index (χ3n) is 2.80. The molecule has 0 unspecified atom stereocenters. The van der Waals surface area contributed by atoms with Gasteiger partial charge >= 0.3 is 6.03 Å². The minimum Gasteiger partial charge on any atom is -0.497 e. The normalized spacial score (nSPS) is 13.4. The lowest BCUT2D eigenvalue weighted by Crippen LogP contribution is -2.42. The highest BCUT2D eigenvalue weighted by Crippen LogP contribution is 2.16. The molecular formula is C14H22N2O3S. The second-order valence-electron chi connectivity index (χ2n) is 4.78. The van der Waals surface area contributed by atoms with Gasteiger partial charge in [-0.25, -0.2) is 4.79 Å². The minimum atomic E-state index is -0.894. The fourth-order valence-electron chi connectivity index (χ4n) is 1.56. The van der Waals surface area contributed by atoms with Gasteiger partial charge in [0.15, 0.2) is 0 Å². The number of aliphatic hydroxyl groups is 1. The van der Waals surface area contributed by atoms with E-state index in [4.69, 9.17) is 4.74 Å². The largest absolute Gasteiger partial charge is 0.497 e. The van der Waals surface area contributed by atoms with Crippen LogP contribution in [0.1, 0.15) is 13.3 Å². The summed E-state index contributed by atoms with van der Waals surface area (Å²) in [5.41, 5.74) is -0.250. The van der Waals surface area contributed by atoms with Crippen molar-refractivity contribution in [3.05, 3.63) is 24.3 Å². The fraction of sp³-hybridized carbons (Fsp3) is 0.500. The summed E-state index contributed by atoms with van der Waals surface area (Å²) >= 11 is 1.67. The van der Waals surface area contributed by atoms with Gasteiger partial charge in [0, 0.05) is 18.3 Å². The SMILES string of the molecule is COc1cccc(NC(=O)NC[C@@](C)(O)CCSC)c1. The van der Waals surface area contributed by atoms with Gasteiger partial charge in [-0.15, -0.1) is 0 Å². The van der Waals surface area contributed by atoms with E-state index in [0.717, 1.165) is 5.75 Å². The molecule has 1 aromatic carbocycles. The Labute approximate surface area is 124 Å². The van der Waals surface area contributed by atoms with Crippen molar-refractivity contribution in [2.45, 2.75) is 18.9 Å². The van der Waals surface area contributed by atoms with E-state index in [0.29, 0.717) is 17.9 Å². The lowest BCUT2D eigenvalue weighted by Gasteiger charge is -2.23. The molecule has 3 N–H and O–H groups in total. The van der Waals surface area contributed by atoms with E-state index in [1.807, 2.05) is 6.26 Å². The Morgan fingerprint density at radius 2 is 2.25 bits per heavy atom. The van der Waals surface area contributed by atoms with Gasteiger partial charge in [-0.3, -0.25) is 0 Å². The number of benzene rings is 1. The fourth-order valence-corrected chi connectivity index (χ4v) is 2.20. The maximum Gasteiger partial charge on any atom is 0.319 e. The van der Waals surface area contributed by atoms with Crippen LogP contribution in [0, 0.1) is 0 Å². The monoisotopic (exact) mass is 298 g/mol. The lowest BCUT2D eigenvalue weighted by molar-refractivity contribution is 0.0599. The molecule has 2 amide bonds. The van der Waals surface area contributed by atoms with Crippen LogP contribution in [0.3, 0.4) is 0 Å². The molecule has 0 aliphatic carbocycles. The second kappa shape index (κ2) is 8.01. The summed E-state index contributed by atoms with van der Waals surface area (Å²) in [5, 5.41) is 15.4. The Hall–Kier alpha value is -1.40. The zero-order chi connectivity index (χ0) is 15.0. The molecule has 0 heterocycles. The van der Waals surface area contributed by atoms with Crippen LogP contribution < -0.4 is 15.4 Å². The molecule has 0 aliphatic heterocycles. The highest BCUT2D eigenvalue weighted by molar-refractivity contribution is 7.98. The number of hydrogen-bond donors (Lipinski definition) is 3. The van der Waals surface area contributed by atoms with Gasteiger partial charge in [-0.05, 0) is 37.5 Å². The van der Waals surface area contributed by atoms with Crippen LogP contribution in [-0.4, -0.2) is 42.4 Å². The summed E-state index contributed by atoms with van der Waals surface area (Å²) < 4.78 is 5.08. The number of thioether (sulfide) groups is 1. The average molecular weight is 298 g/mol. The Morgan fingerprint density at radius 3 is 2.90 bits per heavy atom. The van der Waals surface area contributed by atoms with E-state index in [1.54, 1.807) is 50.1 Å². The Kier molecular flexibility index (Phi) is 6.67. The van der Waals surface area contributed by atoms with Crippen LogP contribution in [0.4, 0.5) is 10.5 Å². The molecular weight excluding hydrogens is 276 g/mol. The number of carbonyl (C=O) groups is 1. The Morgan fingerprint density at radius 1 is 1.50 bits per heavy atom. The molecule has 0 bridgehead atoms. The maximum absolute atomic E-state index is 11.8. The number of nitrogens with one attached hydrogen (secondary N) is 2. The molecule has 0 radical (unpaired) electrons. The summed E-state index contributed by atoms with van der Waals surface area (Å²) in [6, 6.07) is 6.75. The van der Waals surface area contributed by atoms with Gasteiger partial charge in [-0.1, -0.05) is 6.07 Å². The number of hydrogen-bond acceptors (Lipinski definition) is 4. The van der Waals surface area contributed by atoms with Gasteiger partial charge in [0.1, 0.15) is 5.75 Å². The molecule has 6 heteroatoms. The lowest BCUT2D eigenvalue weighted by atomic mass is 10.0. The van der Waals surface area contributed by atoms with Crippen LogP contribution in [0.2, 0.25) is 0 Å². The molecule has 1 atom stereocenters. The van der Waals surface area contributed by atoms with Crippen molar-refractivity contribution in [3.63, 3.8) is 0 Å². The molecule has 1 rings (SSSR count). The van der Waals surface area contributed by atoms with Crippen LogP contribution in [0.5, 0.6) is 5.75 Å². The molecule has 20 heavy (non-hydrogen) atoms. The van der Waals surface area contributed by atoms with Gasteiger partial charge in [0.25, 0.3) is 0 Å². The van der Waals surface area contributed by atoms with Gasteiger partial charge < -0.3 is 20.5 Å². The second-order valence-corrected chi connectivity index (χ2v) is 5.76. The number of carbonyl (C=O) groups excluding carboxylic acids is 1. The van der Waals surface area contributed by atoms with E-state index in [-0.39, 0.29) is 12.6 Å². The molecule has 1 aromatic rings. The van der Waals surface area contributed by atoms with E-state index >= 15 is 0 Å². The predicted molar refractivity (Wildman–Crippen MR) is 83.6 cm³/mol. The molecule has 0 spiro atoms. The van der Waals surface area contributed by atoms with Gasteiger partial charge in [0.05, 0.1) is 12.7 Å². The molecule has 0 saturated heterocycles. The average Bonchev–Trinajstić information content (AvgIpc) is 2.43. The van der Waals surface area contributed by atoms with Crippen molar-refractivity contribution in [2.75, 3.05) is 31.0 Å². The maximum atomic E-state index is 11.8. The molecule has 112 valence electrons. The summed E-state index contributed by atoms with van der Waals surface area (Å²) in [5.74, 6) is 1.53. The minimum absolute atomic E-state index is 0.212. The predicted octanol–water partition coefficient (Wildman–Crippen LogP) is 2.32. The first-order valence-electron chi connectivity index (χ1n) is 6.37. The van der Waals surface area contributed by atoms with Crippen molar-refractivity contribution >= 4 is 23.5 Å². The molecule has 0 saturated carbocycles. The zero-order valence-corrected chi connectivity index (χ0v) is 12.9. The highest BCUT2D eigenvalue weighted by atomic mass is 32.2. The number of amides is 2. The number of rotatable bonds is 7. The third kappa shape index (κ3) is 6.16. The van der Waals surface area contributed by atoms with E-state index < -0.39 is 5.60 Å². The number of urea groups is 1. The van der Waals surface area contributed by atoms with Gasteiger partial charge in [0.2, 0.25) is 0 Å². The first-order chi connectivity index (χ1) is 9.46. The Balaban J connectivity index is 2.43. The highest BCUT2D eigenvalue weighted by Gasteiger charge is 2.20. The van der Waals surface area contributed by atoms with Crippen molar-refractivity contribution < 1.29 is 14.6 Å². The summed E-state index contributed by atoms with van der Waals surface area (Å²) in [7, 11) is 1.57. The smallest absolute Gasteiger partial charge is 0.319 e. The van der Waals surface area contributed by atoms with Crippen LogP contribution >= 0.6 is 11.8 Å².